The van der Waals surface area contributed by atoms with Gasteiger partial charge in [-0.2, -0.15) is 5.10 Å². The Labute approximate surface area is 153 Å². The number of carbonyl (C=O) groups is 1. The molecule has 1 heterocycles. The number of pyridine rings is 1. The molecule has 0 spiro atoms. The highest BCUT2D eigenvalue weighted by atomic mass is 16.2. The second-order valence-electron chi connectivity index (χ2n) is 5.98. The molecule has 3 rings (SSSR count). The van der Waals surface area contributed by atoms with Crippen LogP contribution in [0.5, 0.6) is 0 Å². The number of aromatic nitrogens is 1. The predicted octanol–water partition coefficient (Wildman–Crippen LogP) is 4.60. The third-order valence-electron chi connectivity index (χ3n) is 4.13. The van der Waals surface area contributed by atoms with Gasteiger partial charge in [-0.1, -0.05) is 61.5 Å². The monoisotopic (exact) mass is 343 g/mol. The van der Waals surface area contributed by atoms with E-state index in [1.54, 1.807) is 12.3 Å². The fourth-order valence-electron chi connectivity index (χ4n) is 2.62. The van der Waals surface area contributed by atoms with Gasteiger partial charge >= 0.3 is 0 Å². The van der Waals surface area contributed by atoms with Crippen LogP contribution in [0.2, 0.25) is 0 Å². The molecule has 0 radical (unpaired) electrons. The molecule has 0 aliphatic carbocycles. The first kappa shape index (κ1) is 17.5. The van der Waals surface area contributed by atoms with E-state index in [4.69, 9.17) is 0 Å². The summed E-state index contributed by atoms with van der Waals surface area (Å²) in [6, 6.07) is 22.0. The number of carbonyl (C=O) groups excluding carboxylic acids is 1. The van der Waals surface area contributed by atoms with Gasteiger partial charge in [-0.05, 0) is 42.2 Å². The molecule has 130 valence electrons. The zero-order chi connectivity index (χ0) is 18.4. The number of hydrogen-bond donors (Lipinski definition) is 1. The van der Waals surface area contributed by atoms with E-state index in [-0.39, 0.29) is 5.91 Å². The number of rotatable bonds is 5. The van der Waals surface area contributed by atoms with Crippen LogP contribution in [0.15, 0.2) is 78.0 Å². The highest BCUT2D eigenvalue weighted by Crippen LogP contribution is 2.19. The van der Waals surface area contributed by atoms with Crippen molar-refractivity contribution in [2.75, 3.05) is 0 Å². The Morgan fingerprint density at radius 3 is 2.19 bits per heavy atom. The summed E-state index contributed by atoms with van der Waals surface area (Å²) in [6.07, 6.45) is 2.28. The van der Waals surface area contributed by atoms with Gasteiger partial charge in [0.05, 0.1) is 11.3 Å². The minimum absolute atomic E-state index is 0.260. The largest absolute Gasteiger partial charge is 0.272 e. The Morgan fingerprint density at radius 1 is 0.923 bits per heavy atom. The summed E-state index contributed by atoms with van der Waals surface area (Å²) in [5.41, 5.74) is 8.14. The summed E-state index contributed by atoms with van der Waals surface area (Å²) in [6.45, 7) is 3.90. The van der Waals surface area contributed by atoms with Crippen molar-refractivity contribution in [3.63, 3.8) is 0 Å². The Morgan fingerprint density at radius 2 is 1.58 bits per heavy atom. The third-order valence-corrected chi connectivity index (χ3v) is 4.13. The van der Waals surface area contributed by atoms with Crippen LogP contribution < -0.4 is 5.43 Å². The maximum absolute atomic E-state index is 12.2. The van der Waals surface area contributed by atoms with Gasteiger partial charge in [0.1, 0.15) is 0 Å². The van der Waals surface area contributed by atoms with Crippen molar-refractivity contribution in [2.45, 2.75) is 20.3 Å². The lowest BCUT2D eigenvalue weighted by atomic mass is 10.0. The highest BCUT2D eigenvalue weighted by Gasteiger charge is 2.07. The molecule has 0 aliphatic rings. The second kappa shape index (κ2) is 8.21. The normalized spacial score (nSPS) is 11.2. The van der Waals surface area contributed by atoms with Crippen molar-refractivity contribution in [3.05, 3.63) is 89.7 Å². The van der Waals surface area contributed by atoms with Crippen molar-refractivity contribution in [2.24, 2.45) is 5.10 Å². The first-order valence-corrected chi connectivity index (χ1v) is 8.63. The topological polar surface area (TPSA) is 54.4 Å². The van der Waals surface area contributed by atoms with Crippen molar-refractivity contribution in [1.29, 1.82) is 0 Å². The minimum Gasteiger partial charge on any atom is -0.267 e. The lowest BCUT2D eigenvalue weighted by Crippen LogP contribution is -2.20. The van der Waals surface area contributed by atoms with Gasteiger partial charge in [0.25, 0.3) is 5.91 Å². The Balaban J connectivity index is 1.74. The quantitative estimate of drug-likeness (QED) is 0.544. The molecule has 4 heteroatoms. The number of amides is 1. The molecule has 1 aromatic heterocycles. The van der Waals surface area contributed by atoms with Crippen LogP contribution in [0.3, 0.4) is 0 Å². The molecule has 0 unspecified atom stereocenters. The molecular formula is C22H21N3O. The molecule has 0 saturated heterocycles. The van der Waals surface area contributed by atoms with Gasteiger partial charge in [-0.25, -0.2) is 5.43 Å². The standard InChI is InChI=1S/C22H21N3O/c1-3-21(24-25-22(26)20-10-9-16(2)23-15-20)19-13-11-18(12-14-19)17-7-5-4-6-8-17/h4-15H,3H2,1-2H3,(H,25,26)/b24-21-. The smallest absolute Gasteiger partial charge is 0.267 e. The number of hydrogen-bond acceptors (Lipinski definition) is 3. The van der Waals surface area contributed by atoms with Crippen molar-refractivity contribution in [1.82, 2.24) is 10.4 Å². The number of aryl methyl sites for hydroxylation is 1. The first-order valence-electron chi connectivity index (χ1n) is 8.63. The van der Waals surface area contributed by atoms with E-state index in [9.17, 15) is 4.79 Å². The van der Waals surface area contributed by atoms with E-state index in [1.807, 2.05) is 50.2 Å². The third kappa shape index (κ3) is 4.22. The van der Waals surface area contributed by atoms with Crippen LogP contribution in [0, 0.1) is 6.92 Å². The van der Waals surface area contributed by atoms with E-state index in [0.717, 1.165) is 29.0 Å². The summed E-state index contributed by atoms with van der Waals surface area (Å²) >= 11 is 0. The van der Waals surface area contributed by atoms with Crippen LogP contribution in [0.4, 0.5) is 0 Å². The number of nitrogens with one attached hydrogen (secondary N) is 1. The lowest BCUT2D eigenvalue weighted by molar-refractivity contribution is 0.0954. The molecular weight excluding hydrogens is 322 g/mol. The van der Waals surface area contributed by atoms with Crippen LogP contribution in [0.1, 0.15) is 35.0 Å². The summed E-state index contributed by atoms with van der Waals surface area (Å²) < 4.78 is 0. The van der Waals surface area contributed by atoms with Gasteiger partial charge in [-0.15, -0.1) is 0 Å². The Hall–Kier alpha value is -3.27. The van der Waals surface area contributed by atoms with Crippen LogP contribution in [-0.2, 0) is 0 Å². The fourth-order valence-corrected chi connectivity index (χ4v) is 2.62. The Bertz CT molecular complexity index is 898. The SMILES string of the molecule is CC/C(=N/NC(=O)c1ccc(C)nc1)c1ccc(-c2ccccc2)cc1. The van der Waals surface area contributed by atoms with Gasteiger partial charge < -0.3 is 0 Å². The van der Waals surface area contributed by atoms with E-state index in [0.29, 0.717) is 5.56 Å². The number of hydrazone groups is 1. The van der Waals surface area contributed by atoms with Gasteiger partial charge in [0, 0.05) is 11.9 Å². The summed E-state index contributed by atoms with van der Waals surface area (Å²) in [7, 11) is 0. The van der Waals surface area contributed by atoms with Crippen molar-refractivity contribution >= 4 is 11.6 Å². The maximum atomic E-state index is 12.2. The zero-order valence-corrected chi connectivity index (χ0v) is 14.9. The van der Waals surface area contributed by atoms with E-state index in [1.165, 1.54) is 5.56 Å². The molecule has 3 aromatic rings. The van der Waals surface area contributed by atoms with Crippen LogP contribution >= 0.6 is 0 Å². The summed E-state index contributed by atoms with van der Waals surface area (Å²) in [4.78, 5) is 16.3. The zero-order valence-electron chi connectivity index (χ0n) is 14.9. The molecule has 2 aromatic carbocycles. The average Bonchev–Trinajstić information content (AvgIpc) is 2.70. The molecule has 0 fully saturated rings. The lowest BCUT2D eigenvalue weighted by Gasteiger charge is -2.07. The average molecular weight is 343 g/mol. The predicted molar refractivity (Wildman–Crippen MR) is 105 cm³/mol. The minimum atomic E-state index is -0.260. The maximum Gasteiger partial charge on any atom is 0.272 e. The summed E-state index contributed by atoms with van der Waals surface area (Å²) in [5.74, 6) is -0.260. The van der Waals surface area contributed by atoms with E-state index in [2.05, 4.69) is 39.8 Å². The molecule has 0 aliphatic heterocycles. The van der Waals surface area contributed by atoms with Crippen molar-refractivity contribution < 1.29 is 4.79 Å². The molecule has 1 N–H and O–H groups in total. The number of nitrogens with zero attached hydrogens (tertiary/aromatic N) is 2. The van der Waals surface area contributed by atoms with E-state index >= 15 is 0 Å². The molecule has 1 amide bonds. The molecule has 0 atom stereocenters. The fraction of sp³-hybridized carbons (Fsp3) is 0.136. The number of benzene rings is 2. The molecule has 4 nitrogen and oxygen atoms in total. The molecule has 26 heavy (non-hydrogen) atoms. The van der Waals surface area contributed by atoms with Crippen LogP contribution in [0.25, 0.3) is 11.1 Å². The van der Waals surface area contributed by atoms with E-state index < -0.39 is 0 Å². The van der Waals surface area contributed by atoms with Gasteiger partial charge in [-0.3, -0.25) is 9.78 Å². The molecule has 0 bridgehead atoms. The summed E-state index contributed by atoms with van der Waals surface area (Å²) in [5, 5.41) is 4.30. The second-order valence-corrected chi connectivity index (χ2v) is 5.98. The molecule has 0 saturated carbocycles. The Kier molecular flexibility index (Phi) is 5.54. The van der Waals surface area contributed by atoms with Crippen molar-refractivity contribution in [3.8, 4) is 11.1 Å². The van der Waals surface area contributed by atoms with Crippen LogP contribution in [-0.4, -0.2) is 16.6 Å². The highest BCUT2D eigenvalue weighted by molar-refractivity contribution is 6.02. The van der Waals surface area contributed by atoms with Gasteiger partial charge in [0.2, 0.25) is 0 Å². The first-order chi connectivity index (χ1) is 12.7. The van der Waals surface area contributed by atoms with Gasteiger partial charge in [0.15, 0.2) is 0 Å².